The van der Waals surface area contributed by atoms with E-state index in [2.05, 4.69) is 66.8 Å². The van der Waals surface area contributed by atoms with Crippen molar-refractivity contribution in [1.29, 1.82) is 0 Å². The van der Waals surface area contributed by atoms with Gasteiger partial charge in [0.15, 0.2) is 24.4 Å². The van der Waals surface area contributed by atoms with Gasteiger partial charge in [-0.15, -0.1) is 0 Å². The molecule has 9 aliphatic rings. The van der Waals surface area contributed by atoms with E-state index < -0.39 is 61.2 Å². The first-order valence-corrected chi connectivity index (χ1v) is 35.4. The molecule has 0 spiro atoms. The lowest BCUT2D eigenvalue weighted by atomic mass is 9.70. The second kappa shape index (κ2) is 30.8. The first-order chi connectivity index (χ1) is 47.6. The first kappa shape index (κ1) is 68.1. The van der Waals surface area contributed by atoms with Crippen LogP contribution in [0, 0.1) is 47.3 Å². The molecule has 4 saturated carbocycles. The van der Waals surface area contributed by atoms with Crippen molar-refractivity contribution < 1.29 is 48.8 Å². The zero-order valence-electron chi connectivity index (χ0n) is 54.9. The lowest BCUT2D eigenvalue weighted by Gasteiger charge is -2.51. The van der Waals surface area contributed by atoms with Gasteiger partial charge in [-0.25, -0.2) is 0 Å². The molecule has 0 aromatic heterocycles. The summed E-state index contributed by atoms with van der Waals surface area (Å²) in [6.07, 6.45) is 2.02. The second-order valence-electron chi connectivity index (χ2n) is 27.9. The highest BCUT2D eigenvalue weighted by Crippen LogP contribution is 2.51. The van der Waals surface area contributed by atoms with Crippen molar-refractivity contribution in [2.24, 2.45) is 47.3 Å². The molecular formula is C80H96N8O10Si. The zero-order valence-corrected chi connectivity index (χ0v) is 54.9. The zero-order chi connectivity index (χ0) is 63.7. The van der Waals surface area contributed by atoms with E-state index in [1.165, 1.54) is 25.7 Å². The smallest absolute Gasteiger partial charge is 0.176 e. The van der Waals surface area contributed by atoms with Gasteiger partial charge in [-0.05, 0) is 157 Å². The van der Waals surface area contributed by atoms with Crippen LogP contribution in [0.25, 0.3) is 0 Å². The van der Waals surface area contributed by atoms with Crippen molar-refractivity contribution in [2.75, 3.05) is 0 Å². The number of hydrogen-bond acceptors (Lipinski definition) is 16. The van der Waals surface area contributed by atoms with E-state index in [0.29, 0.717) is 46.7 Å². The normalized spacial score (nSPS) is 35.4. The molecule has 19 heteroatoms. The summed E-state index contributed by atoms with van der Waals surface area (Å²) in [6.45, 7) is 0. The van der Waals surface area contributed by atoms with Crippen LogP contribution < -0.4 is 80.4 Å². The fourth-order valence-corrected chi connectivity index (χ4v) is 18.4. The van der Waals surface area contributed by atoms with E-state index in [0.717, 1.165) is 48.7 Å². The Morgan fingerprint density at radius 3 is 0.505 bits per heavy atom. The Labute approximate surface area is 584 Å². The molecule has 18 nitrogen and oxygen atoms in total. The molecule has 12 N–H and O–H groups in total. The fraction of sp³-hybridized carbons (Fsp3) is 0.400. The molecular weight excluding hydrogens is 1260 g/mol. The van der Waals surface area contributed by atoms with Gasteiger partial charge in [-0.1, -0.05) is 171 Å². The molecule has 17 rings (SSSR count). The summed E-state index contributed by atoms with van der Waals surface area (Å²) in [6, 6.07) is 81.3. The maximum atomic E-state index is 7.73. The Morgan fingerprint density at radius 2 is 0.333 bits per heavy atom. The van der Waals surface area contributed by atoms with Gasteiger partial charge in [-0.2, -0.15) is 0 Å². The van der Waals surface area contributed by atoms with E-state index in [1.807, 2.05) is 218 Å². The van der Waals surface area contributed by atoms with Crippen molar-refractivity contribution in [3.8, 4) is 46.0 Å². The number of hydrogen-bond donors (Lipinski definition) is 8. The minimum atomic E-state index is -0.751. The van der Waals surface area contributed by atoms with Crippen molar-refractivity contribution in [2.45, 2.75) is 150 Å². The number of fused-ring (bicyclic) bond motifs is 20. The van der Waals surface area contributed by atoms with Crippen LogP contribution in [0.5, 0.6) is 46.0 Å². The minimum absolute atomic E-state index is 0. The predicted octanol–water partition coefficient (Wildman–Crippen LogP) is 7.96. The lowest BCUT2D eigenvalue weighted by molar-refractivity contribution is -0.155. The molecule has 8 aromatic carbocycles. The largest absolute Gasteiger partial charge is 0.486 e. The van der Waals surface area contributed by atoms with E-state index in [4.69, 9.17) is 37.9 Å². The quantitative estimate of drug-likeness (QED) is 0.0429. The summed E-state index contributed by atoms with van der Waals surface area (Å²) >= 11 is 0. The van der Waals surface area contributed by atoms with Crippen LogP contribution in [-0.4, -0.2) is 120 Å². The average Bonchev–Trinajstić information content (AvgIpc) is 1.61. The molecule has 8 bridgehead atoms. The maximum absolute atomic E-state index is 7.73. The van der Waals surface area contributed by atoms with Crippen molar-refractivity contribution in [3.05, 3.63) is 243 Å². The number of ether oxygens (including phenoxy) is 8. The number of benzene rings is 8. The molecule has 24 unspecified atom stereocenters. The highest BCUT2D eigenvalue weighted by atomic mass is 28.1. The van der Waals surface area contributed by atoms with Crippen LogP contribution in [0.3, 0.4) is 0 Å². The monoisotopic (exact) mass is 1360 g/mol. The Balaban J connectivity index is 0.00000279. The van der Waals surface area contributed by atoms with Gasteiger partial charge in [0.25, 0.3) is 0 Å². The molecule has 5 heterocycles. The molecule has 0 radical (unpaired) electrons. The van der Waals surface area contributed by atoms with Crippen LogP contribution in [0.2, 0.25) is 0 Å². The number of para-hydroxylation sites is 8. The van der Waals surface area contributed by atoms with Crippen molar-refractivity contribution >= 4 is 11.0 Å². The van der Waals surface area contributed by atoms with E-state index in [9.17, 15) is 0 Å². The lowest BCUT2D eigenvalue weighted by Crippen LogP contribution is -2.70. The van der Waals surface area contributed by atoms with Crippen LogP contribution >= 0.6 is 0 Å². The molecule has 4 aliphatic carbocycles. The van der Waals surface area contributed by atoms with Gasteiger partial charge in [0, 0.05) is 23.7 Å². The Bertz CT molecular complexity index is 3530. The second-order valence-corrected chi connectivity index (χ2v) is 27.9. The standard InChI is InChI=1S/C80H88N8O8.2H2O.H4Si/c1-9-29-49(30-10-1)89-65-61-63(67(91-51-33-13-3-14-34-51)71(95-55-41-21-7-22-42-55)69(65)93-53-37-17-5-18-38-53)79-86-77(61)84-75-59-47-27-25-45-57(59)73(82-75)81-74-58-46-26-28-48-60(58)76(83-74)85-78-62-64(80(87-78)88-79)68(92-52-35-15-4-16-36-52)72(96-56-43-23-8-24-44-56)70(94-54-39-19-6-20-40-54)66(62)90-50-31-11-2-12-32-50;;;/h1-24,29-44,57-88H,25-28,45-48H2;2*1H2;1H4. The predicted molar refractivity (Wildman–Crippen MR) is 386 cm³/mol. The molecule has 24 atom stereocenters. The summed E-state index contributed by atoms with van der Waals surface area (Å²) in [5.74, 6) is 5.78. The Kier molecular flexibility index (Phi) is 21.2. The van der Waals surface area contributed by atoms with E-state index in [-0.39, 0.29) is 82.6 Å². The highest BCUT2D eigenvalue weighted by Gasteiger charge is 2.68. The molecule has 5 aliphatic heterocycles. The SMILES string of the molecule is O.O.[SiH4].c1ccc(OC2C(Oc3ccccc3)C(Oc3ccccc3)C3C4NC(NC5NC(NC6NC(NC7NC(N4)C4C(Oc8ccccc8)C(Oc8ccccc8)C(Oc8ccccc8)C(Oc8ccccc8)C74)C4CCCCC64)C4CCCCC54)C3C2Oc2ccccc2)cc1. The highest BCUT2D eigenvalue weighted by molar-refractivity contribution is 5.75. The van der Waals surface area contributed by atoms with Gasteiger partial charge < -0.3 is 48.8 Å². The van der Waals surface area contributed by atoms with Gasteiger partial charge in [0.1, 0.15) is 70.4 Å². The summed E-state index contributed by atoms with van der Waals surface area (Å²) in [5, 5.41) is 35.2. The van der Waals surface area contributed by atoms with Gasteiger partial charge in [0.2, 0.25) is 0 Å². The topological polar surface area (TPSA) is 233 Å². The number of rotatable bonds is 16. The number of nitrogens with one attached hydrogen (secondary N) is 8. The molecule has 8 aromatic rings. The van der Waals surface area contributed by atoms with Crippen LogP contribution in [0.1, 0.15) is 51.4 Å². The third-order valence-electron chi connectivity index (χ3n) is 22.3. The first-order valence-electron chi connectivity index (χ1n) is 35.4. The molecule has 99 heavy (non-hydrogen) atoms. The summed E-state index contributed by atoms with van der Waals surface area (Å²) in [7, 11) is 0. The van der Waals surface area contributed by atoms with Crippen LogP contribution in [0.15, 0.2) is 243 Å². The average molecular weight is 1360 g/mol. The van der Waals surface area contributed by atoms with E-state index in [1.54, 1.807) is 0 Å². The molecule has 5 saturated heterocycles. The summed E-state index contributed by atoms with van der Waals surface area (Å²) < 4.78 is 61.0. The molecule has 0 amide bonds. The Morgan fingerprint density at radius 1 is 0.192 bits per heavy atom. The third-order valence-corrected chi connectivity index (χ3v) is 22.3. The van der Waals surface area contributed by atoms with Crippen LogP contribution in [0.4, 0.5) is 0 Å². The van der Waals surface area contributed by atoms with Crippen molar-refractivity contribution in [3.63, 3.8) is 0 Å². The van der Waals surface area contributed by atoms with Gasteiger partial charge in [0.05, 0.1) is 49.3 Å². The van der Waals surface area contributed by atoms with Gasteiger partial charge in [-0.3, -0.25) is 42.5 Å². The maximum Gasteiger partial charge on any atom is 0.176 e. The minimum Gasteiger partial charge on any atom is -0.486 e. The van der Waals surface area contributed by atoms with Crippen LogP contribution in [-0.2, 0) is 0 Å². The van der Waals surface area contributed by atoms with Crippen molar-refractivity contribution in [1.82, 2.24) is 42.5 Å². The molecule has 520 valence electrons. The summed E-state index contributed by atoms with van der Waals surface area (Å²) in [4.78, 5) is 0. The summed E-state index contributed by atoms with van der Waals surface area (Å²) in [5.41, 5.74) is 0. The fourth-order valence-electron chi connectivity index (χ4n) is 18.4. The van der Waals surface area contributed by atoms with E-state index >= 15 is 0 Å². The Hall–Kier alpha value is -8.02. The molecule has 9 fully saturated rings. The van der Waals surface area contributed by atoms with Gasteiger partial charge >= 0.3 is 0 Å². The third kappa shape index (κ3) is 14.1.